The lowest BCUT2D eigenvalue weighted by Gasteiger charge is -2.70. The third-order valence-electron chi connectivity index (χ3n) is 6.74. The quantitative estimate of drug-likeness (QED) is 0.648. The zero-order valence-corrected chi connectivity index (χ0v) is 17.4. The molecule has 10 heteroatoms. The van der Waals surface area contributed by atoms with E-state index in [-0.39, 0.29) is 48.4 Å². The predicted octanol–water partition coefficient (Wildman–Crippen LogP) is 3.83. The topological polar surface area (TPSA) is 65.4 Å². The van der Waals surface area contributed by atoms with Crippen LogP contribution in [0.3, 0.4) is 0 Å². The molecule has 4 aliphatic rings. The zero-order valence-electron chi connectivity index (χ0n) is 17.4. The van der Waals surface area contributed by atoms with Gasteiger partial charge in [0.1, 0.15) is 12.4 Å². The minimum Gasteiger partial charge on any atom is -0.368 e. The highest BCUT2D eigenvalue weighted by atomic mass is 19.4. The lowest BCUT2D eigenvalue weighted by Crippen LogP contribution is -2.78. The Morgan fingerprint density at radius 3 is 2.62 bits per heavy atom. The average Bonchev–Trinajstić information content (AvgIpc) is 3.07. The van der Waals surface area contributed by atoms with Crippen LogP contribution in [0.5, 0.6) is 0 Å². The summed E-state index contributed by atoms with van der Waals surface area (Å²) in [6.07, 6.45) is 0.146. The Morgan fingerprint density at radius 2 is 1.97 bits per heavy atom. The first kappa shape index (κ1) is 21.4. The predicted molar refractivity (Wildman–Crippen MR) is 105 cm³/mol. The number of halogens is 4. The molecule has 0 aliphatic heterocycles. The largest absolute Gasteiger partial charge is 0.522 e. The van der Waals surface area contributed by atoms with Crippen LogP contribution < -0.4 is 5.32 Å². The van der Waals surface area contributed by atoms with Gasteiger partial charge in [0.05, 0.1) is 29.8 Å². The Bertz CT molecular complexity index is 1030. The summed E-state index contributed by atoms with van der Waals surface area (Å²) in [4.78, 5) is 16.6. The van der Waals surface area contributed by atoms with Gasteiger partial charge in [0.25, 0.3) is 0 Å². The summed E-state index contributed by atoms with van der Waals surface area (Å²) in [6.45, 7) is 1.65. The van der Waals surface area contributed by atoms with Crippen molar-refractivity contribution in [2.45, 2.75) is 68.7 Å². The van der Waals surface area contributed by atoms with Crippen LogP contribution in [0.2, 0.25) is 0 Å². The second-order valence-corrected chi connectivity index (χ2v) is 9.32. The van der Waals surface area contributed by atoms with Gasteiger partial charge in [-0.2, -0.15) is 0 Å². The number of benzene rings is 1. The summed E-state index contributed by atoms with van der Waals surface area (Å²) in [5.74, 6) is -0.578. The minimum absolute atomic E-state index is 0.114. The number of carbonyl (C=O) groups excluding carboxylic acids is 1. The molecule has 0 radical (unpaired) electrons. The highest BCUT2D eigenvalue weighted by molar-refractivity contribution is 5.79. The number of ether oxygens (including phenoxy) is 2. The average molecular weight is 453 g/mol. The van der Waals surface area contributed by atoms with E-state index in [0.29, 0.717) is 11.3 Å². The maximum atomic E-state index is 14.2. The van der Waals surface area contributed by atoms with Crippen LogP contribution in [0.15, 0.2) is 30.7 Å². The van der Waals surface area contributed by atoms with Crippen LogP contribution in [0.1, 0.15) is 37.7 Å². The van der Waals surface area contributed by atoms with E-state index in [2.05, 4.69) is 15.0 Å². The number of aromatic nitrogens is 2. The molecule has 172 valence electrons. The van der Waals surface area contributed by atoms with Gasteiger partial charge in [-0.1, -0.05) is 6.07 Å². The first-order valence-corrected chi connectivity index (χ1v) is 10.5. The van der Waals surface area contributed by atoms with Crippen LogP contribution in [-0.2, 0) is 19.8 Å². The molecule has 1 aromatic heterocycles. The van der Waals surface area contributed by atoms with Gasteiger partial charge in [0.15, 0.2) is 0 Å². The van der Waals surface area contributed by atoms with Crippen molar-refractivity contribution in [3.8, 4) is 11.3 Å². The van der Waals surface area contributed by atoms with Gasteiger partial charge in [0.2, 0.25) is 5.91 Å². The smallest absolute Gasteiger partial charge is 0.368 e. The number of hydrogen-bond acceptors (Lipinski definition) is 4. The van der Waals surface area contributed by atoms with Gasteiger partial charge >= 0.3 is 6.36 Å². The lowest BCUT2D eigenvalue weighted by molar-refractivity contribution is -0.357. The molecule has 32 heavy (non-hydrogen) atoms. The summed E-state index contributed by atoms with van der Waals surface area (Å²) in [7, 11) is 0. The van der Waals surface area contributed by atoms with E-state index >= 15 is 0 Å². The van der Waals surface area contributed by atoms with Crippen LogP contribution in [0.4, 0.5) is 17.6 Å². The molecule has 4 aliphatic carbocycles. The number of aryl methyl sites for hydroxylation is 1. The zero-order chi connectivity index (χ0) is 22.7. The molecule has 2 bridgehead atoms. The second kappa shape index (κ2) is 7.28. The monoisotopic (exact) mass is 453 g/mol. The van der Waals surface area contributed by atoms with Crippen molar-refractivity contribution < 1.29 is 31.8 Å². The van der Waals surface area contributed by atoms with E-state index in [9.17, 15) is 22.4 Å². The van der Waals surface area contributed by atoms with Crippen molar-refractivity contribution in [2.75, 3.05) is 6.61 Å². The number of nitrogens with zero attached hydrogens (tertiary/aromatic N) is 2. The molecule has 6 nitrogen and oxygen atoms in total. The summed E-state index contributed by atoms with van der Waals surface area (Å²) < 4.78 is 61.9. The normalized spacial score (nSPS) is 30.8. The number of nitrogens with one attached hydrogen (secondary N) is 1. The van der Waals surface area contributed by atoms with Gasteiger partial charge in [-0.15, -0.1) is 13.2 Å². The minimum atomic E-state index is -4.64. The second-order valence-electron chi connectivity index (χ2n) is 9.32. The summed E-state index contributed by atoms with van der Waals surface area (Å²) >= 11 is 0. The first-order valence-electron chi connectivity index (χ1n) is 10.5. The SMILES string of the molecule is Cc1ccc(-c2cn(C34CC(NC(=O)COC5CC(OC(F)(F)F)C5)(C3)C4)cn2)c(F)c1. The number of rotatable bonds is 7. The molecule has 6 rings (SSSR count). The maximum absolute atomic E-state index is 14.2. The number of amides is 1. The van der Waals surface area contributed by atoms with Crippen LogP contribution in [-0.4, -0.2) is 46.2 Å². The molecular weight excluding hydrogens is 430 g/mol. The Kier molecular flexibility index (Phi) is 4.86. The number of imidazole rings is 1. The van der Waals surface area contributed by atoms with E-state index < -0.39 is 12.5 Å². The molecule has 0 spiro atoms. The molecule has 1 heterocycles. The summed E-state index contributed by atoms with van der Waals surface area (Å²) in [6, 6.07) is 5.05. The standard InChI is InChI=1S/C22H23F4N3O3/c1-13-2-3-16(17(23)4-13)18-7-29(12-27-18)21-9-20(10-21,11-21)28-19(30)8-31-14-5-15(6-14)32-22(24,25)26/h2-4,7,12,14-15H,5-6,8-11H2,1H3,(H,28,30). The molecule has 0 saturated heterocycles. The Balaban J connectivity index is 1.08. The fraction of sp³-hybridized carbons (Fsp3) is 0.545. The highest BCUT2D eigenvalue weighted by Gasteiger charge is 2.69. The van der Waals surface area contributed by atoms with E-state index in [1.807, 2.05) is 23.8 Å². The lowest BCUT2D eigenvalue weighted by atomic mass is 9.44. The van der Waals surface area contributed by atoms with Crippen molar-refractivity contribution in [3.63, 3.8) is 0 Å². The molecule has 4 fully saturated rings. The number of carbonyl (C=O) groups is 1. The maximum Gasteiger partial charge on any atom is 0.522 e. The molecular formula is C22H23F4N3O3. The molecule has 1 amide bonds. The molecule has 4 saturated carbocycles. The van der Waals surface area contributed by atoms with E-state index in [1.54, 1.807) is 12.4 Å². The van der Waals surface area contributed by atoms with Crippen molar-refractivity contribution >= 4 is 5.91 Å². The fourth-order valence-corrected chi connectivity index (χ4v) is 5.15. The Hall–Kier alpha value is -2.46. The van der Waals surface area contributed by atoms with Gasteiger partial charge in [-0.05, 0) is 43.9 Å². The Morgan fingerprint density at radius 1 is 1.25 bits per heavy atom. The Labute approximate surface area is 181 Å². The molecule has 0 atom stereocenters. The third kappa shape index (κ3) is 3.90. The van der Waals surface area contributed by atoms with Gasteiger partial charge < -0.3 is 14.6 Å². The number of hydrogen-bond donors (Lipinski definition) is 1. The molecule has 0 unspecified atom stereocenters. The van der Waals surface area contributed by atoms with Crippen molar-refractivity contribution in [1.29, 1.82) is 0 Å². The van der Waals surface area contributed by atoms with Crippen LogP contribution in [0, 0.1) is 12.7 Å². The molecule has 1 N–H and O–H groups in total. The van der Waals surface area contributed by atoms with E-state index in [1.165, 1.54) is 6.07 Å². The van der Waals surface area contributed by atoms with Crippen molar-refractivity contribution in [1.82, 2.24) is 14.9 Å². The van der Waals surface area contributed by atoms with Crippen molar-refractivity contribution in [2.24, 2.45) is 0 Å². The van der Waals surface area contributed by atoms with Gasteiger partial charge in [-0.3, -0.25) is 9.53 Å². The third-order valence-corrected chi connectivity index (χ3v) is 6.74. The van der Waals surface area contributed by atoms with Gasteiger partial charge in [-0.25, -0.2) is 9.37 Å². The molecule has 2 aromatic rings. The van der Waals surface area contributed by atoms with E-state index in [0.717, 1.165) is 24.8 Å². The van der Waals surface area contributed by atoms with E-state index in [4.69, 9.17) is 4.74 Å². The number of alkyl halides is 3. The van der Waals surface area contributed by atoms with Crippen LogP contribution in [0.25, 0.3) is 11.3 Å². The highest BCUT2D eigenvalue weighted by Crippen LogP contribution is 2.65. The fourth-order valence-electron chi connectivity index (χ4n) is 5.15. The van der Waals surface area contributed by atoms with Crippen molar-refractivity contribution in [3.05, 3.63) is 42.1 Å². The molecule has 1 aromatic carbocycles. The van der Waals surface area contributed by atoms with Gasteiger partial charge in [0, 0.05) is 30.1 Å². The summed E-state index contributed by atoms with van der Waals surface area (Å²) in [5.41, 5.74) is 1.49. The first-order chi connectivity index (χ1) is 15.0. The summed E-state index contributed by atoms with van der Waals surface area (Å²) in [5, 5.41) is 2.99. The van der Waals surface area contributed by atoms with Crippen LogP contribution >= 0.6 is 0 Å².